The van der Waals surface area contributed by atoms with Crippen LogP contribution in [0.3, 0.4) is 0 Å². The SMILES string of the molecule is CCn1nc(C)cc1-c1nc(-c2cc(C(=O)OC)cc3c2cnn3C)nn1COP(=O)(OC(C)(C)C)OC(C)(C)C. The van der Waals surface area contributed by atoms with Crippen molar-refractivity contribution in [2.75, 3.05) is 7.11 Å². The van der Waals surface area contributed by atoms with E-state index < -0.39 is 25.0 Å². The summed E-state index contributed by atoms with van der Waals surface area (Å²) in [6.07, 6.45) is 1.69. The van der Waals surface area contributed by atoms with Gasteiger partial charge < -0.3 is 4.74 Å². The van der Waals surface area contributed by atoms with Crippen LogP contribution in [0.25, 0.3) is 33.8 Å². The fourth-order valence-electron chi connectivity index (χ4n) is 4.24. The average Bonchev–Trinajstić information content (AvgIpc) is 3.55. The minimum absolute atomic E-state index is 0.299. The summed E-state index contributed by atoms with van der Waals surface area (Å²) in [5.74, 6) is 0.217. The zero-order valence-electron chi connectivity index (χ0n) is 25.3. The van der Waals surface area contributed by atoms with Gasteiger partial charge in [-0.25, -0.2) is 19.0 Å². The molecular weight excluding hydrogens is 549 g/mol. The largest absolute Gasteiger partial charge is 0.477 e. The molecule has 13 nitrogen and oxygen atoms in total. The number of carbonyl (C=O) groups excluding carboxylic acids is 1. The Morgan fingerprint density at radius 1 is 1.00 bits per heavy atom. The Bertz CT molecular complexity index is 1600. The summed E-state index contributed by atoms with van der Waals surface area (Å²) in [4.78, 5) is 17.4. The number of fused-ring (bicyclic) bond motifs is 1. The van der Waals surface area contributed by atoms with Crippen LogP contribution >= 0.6 is 7.82 Å². The van der Waals surface area contributed by atoms with Crippen molar-refractivity contribution in [3.05, 3.63) is 35.7 Å². The summed E-state index contributed by atoms with van der Waals surface area (Å²) in [6, 6.07) is 5.26. The molecule has 3 aromatic heterocycles. The predicted octanol–water partition coefficient (Wildman–Crippen LogP) is 5.52. The maximum Gasteiger partial charge on any atom is 0.477 e. The zero-order valence-corrected chi connectivity index (χ0v) is 26.1. The molecule has 0 aliphatic rings. The molecule has 14 heteroatoms. The Kier molecular flexibility index (Phi) is 8.30. The van der Waals surface area contributed by atoms with Gasteiger partial charge in [0.25, 0.3) is 0 Å². The molecule has 0 unspecified atom stereocenters. The third-order valence-corrected chi connectivity index (χ3v) is 7.72. The molecule has 0 fully saturated rings. The van der Waals surface area contributed by atoms with E-state index in [1.54, 1.807) is 76.3 Å². The second-order valence-electron chi connectivity index (χ2n) is 11.6. The van der Waals surface area contributed by atoms with Crippen LogP contribution in [0.4, 0.5) is 0 Å². The number of nitrogens with zero attached hydrogens (tertiary/aromatic N) is 7. The lowest BCUT2D eigenvalue weighted by molar-refractivity contribution is -0.00739. The van der Waals surface area contributed by atoms with Crippen LogP contribution in [-0.2, 0) is 43.2 Å². The van der Waals surface area contributed by atoms with Crippen LogP contribution < -0.4 is 0 Å². The minimum atomic E-state index is -4.06. The molecule has 222 valence electrons. The molecule has 0 aliphatic carbocycles. The summed E-state index contributed by atoms with van der Waals surface area (Å²) >= 11 is 0. The Morgan fingerprint density at radius 2 is 1.66 bits per heavy atom. The van der Waals surface area contributed by atoms with E-state index in [2.05, 4.69) is 10.2 Å². The number of hydrogen-bond acceptors (Lipinski definition) is 10. The number of esters is 1. The summed E-state index contributed by atoms with van der Waals surface area (Å²) < 4.78 is 41.2. The number of ether oxygens (including phenoxy) is 1. The molecule has 0 N–H and O–H groups in total. The van der Waals surface area contributed by atoms with Crippen molar-refractivity contribution in [2.24, 2.45) is 7.05 Å². The van der Waals surface area contributed by atoms with Gasteiger partial charge in [0.2, 0.25) is 0 Å². The van der Waals surface area contributed by atoms with E-state index >= 15 is 0 Å². The normalized spacial score (nSPS) is 12.8. The number of hydrogen-bond donors (Lipinski definition) is 0. The number of phosphoric ester groups is 1. The third-order valence-electron chi connectivity index (χ3n) is 5.74. The van der Waals surface area contributed by atoms with Crippen LogP contribution in [0.5, 0.6) is 0 Å². The lowest BCUT2D eigenvalue weighted by atomic mass is 10.1. The molecule has 41 heavy (non-hydrogen) atoms. The van der Waals surface area contributed by atoms with E-state index in [1.807, 2.05) is 19.9 Å². The number of rotatable bonds is 9. The maximum atomic E-state index is 13.8. The lowest BCUT2D eigenvalue weighted by Crippen LogP contribution is -2.25. The fraction of sp³-hybridized carbons (Fsp3) is 0.519. The van der Waals surface area contributed by atoms with E-state index in [0.717, 1.165) is 11.1 Å². The van der Waals surface area contributed by atoms with Gasteiger partial charge in [0.05, 0.1) is 41.3 Å². The first-order valence-corrected chi connectivity index (χ1v) is 14.7. The van der Waals surface area contributed by atoms with Crippen LogP contribution in [-0.4, -0.2) is 58.6 Å². The standard InChI is InChI=1S/C27H38N7O6P/c1-11-33-22(12-17(2)30-33)24-29-23(19-13-18(25(35)37-10)14-21-20(19)15-28-32(21)9)31-34(24)16-38-41(36,39-26(3,4)5)40-27(6,7)8/h12-15H,11,16H2,1-10H3. The molecule has 0 amide bonds. The molecule has 0 bridgehead atoms. The maximum absolute atomic E-state index is 13.8. The first kappa shape index (κ1) is 30.6. The highest BCUT2D eigenvalue weighted by molar-refractivity contribution is 7.48. The smallest absolute Gasteiger partial charge is 0.465 e. The number of aryl methyl sites for hydroxylation is 3. The first-order valence-electron chi connectivity index (χ1n) is 13.2. The molecule has 0 saturated heterocycles. The minimum Gasteiger partial charge on any atom is -0.465 e. The second kappa shape index (κ2) is 11.1. The summed E-state index contributed by atoms with van der Waals surface area (Å²) in [5.41, 5.74) is 1.44. The molecular formula is C27H38N7O6P. The Hall–Kier alpha value is -3.38. The zero-order chi connectivity index (χ0) is 30.3. The molecule has 4 aromatic rings. The van der Waals surface area contributed by atoms with E-state index in [0.29, 0.717) is 40.5 Å². The first-order chi connectivity index (χ1) is 19.0. The third kappa shape index (κ3) is 6.92. The lowest BCUT2D eigenvalue weighted by Gasteiger charge is -2.30. The van der Waals surface area contributed by atoms with Gasteiger partial charge >= 0.3 is 13.8 Å². The highest BCUT2D eigenvalue weighted by Crippen LogP contribution is 2.55. The van der Waals surface area contributed by atoms with Crippen molar-refractivity contribution in [3.8, 4) is 22.9 Å². The topological polar surface area (TPSA) is 137 Å². The van der Waals surface area contributed by atoms with Gasteiger partial charge in [0.15, 0.2) is 18.4 Å². The van der Waals surface area contributed by atoms with Crippen LogP contribution in [0, 0.1) is 6.92 Å². The van der Waals surface area contributed by atoms with Gasteiger partial charge in [-0.15, -0.1) is 5.10 Å². The predicted molar refractivity (Wildman–Crippen MR) is 153 cm³/mol. The van der Waals surface area contributed by atoms with E-state index in [-0.39, 0.29) is 6.73 Å². The number of methoxy groups -OCH3 is 1. The van der Waals surface area contributed by atoms with Crippen LogP contribution in [0.15, 0.2) is 24.4 Å². The van der Waals surface area contributed by atoms with Gasteiger partial charge in [0.1, 0.15) is 5.69 Å². The van der Waals surface area contributed by atoms with Gasteiger partial charge in [-0.1, -0.05) is 0 Å². The molecule has 0 saturated carbocycles. The quantitative estimate of drug-likeness (QED) is 0.182. The van der Waals surface area contributed by atoms with Crippen LogP contribution in [0.1, 0.15) is 64.5 Å². The van der Waals surface area contributed by atoms with Crippen LogP contribution in [0.2, 0.25) is 0 Å². The second-order valence-corrected chi connectivity index (χ2v) is 13.1. The number of phosphoric acid groups is 1. The summed E-state index contributed by atoms with van der Waals surface area (Å²) in [7, 11) is -0.958. The molecule has 0 atom stereocenters. The molecule has 0 spiro atoms. The van der Waals surface area contributed by atoms with Gasteiger partial charge in [0, 0.05) is 24.5 Å². The number of benzene rings is 1. The highest BCUT2D eigenvalue weighted by atomic mass is 31.2. The Balaban J connectivity index is 1.87. The van der Waals surface area contributed by atoms with E-state index in [9.17, 15) is 9.36 Å². The molecule has 0 aliphatic heterocycles. The van der Waals surface area contributed by atoms with Crippen molar-refractivity contribution in [2.45, 2.75) is 79.9 Å². The van der Waals surface area contributed by atoms with Crippen molar-refractivity contribution in [1.82, 2.24) is 34.3 Å². The number of carbonyl (C=O) groups is 1. The van der Waals surface area contributed by atoms with Gasteiger partial charge in [-0.2, -0.15) is 10.2 Å². The molecule has 1 aromatic carbocycles. The van der Waals surface area contributed by atoms with Gasteiger partial charge in [-0.05, 0) is 73.6 Å². The van der Waals surface area contributed by atoms with Crippen molar-refractivity contribution in [1.29, 1.82) is 0 Å². The van der Waals surface area contributed by atoms with Gasteiger partial charge in [-0.3, -0.25) is 22.9 Å². The molecule has 3 heterocycles. The van der Waals surface area contributed by atoms with Crippen molar-refractivity contribution in [3.63, 3.8) is 0 Å². The highest BCUT2D eigenvalue weighted by Gasteiger charge is 2.38. The monoisotopic (exact) mass is 587 g/mol. The summed E-state index contributed by atoms with van der Waals surface area (Å²) in [6.45, 7) is 14.7. The molecule has 4 rings (SSSR count). The Morgan fingerprint density at radius 3 is 2.24 bits per heavy atom. The van der Waals surface area contributed by atoms with E-state index in [1.165, 1.54) is 11.8 Å². The van der Waals surface area contributed by atoms with Crippen molar-refractivity contribution >= 4 is 24.7 Å². The Labute approximate surface area is 239 Å². The van der Waals surface area contributed by atoms with E-state index in [4.69, 9.17) is 28.4 Å². The average molecular weight is 588 g/mol. The summed E-state index contributed by atoms with van der Waals surface area (Å²) in [5, 5.41) is 14.4. The fourth-order valence-corrected chi connectivity index (χ4v) is 5.97. The van der Waals surface area contributed by atoms with Crippen molar-refractivity contribution < 1.29 is 27.7 Å². The molecule has 0 radical (unpaired) electrons. The number of aromatic nitrogens is 7.